The number of aryl methyl sites for hydroxylation is 1. The van der Waals surface area contributed by atoms with Crippen molar-refractivity contribution in [2.45, 2.75) is 25.6 Å². The maximum Gasteiger partial charge on any atom is 0.239 e. The summed E-state index contributed by atoms with van der Waals surface area (Å²) < 4.78 is 4.83. The summed E-state index contributed by atoms with van der Waals surface area (Å²) in [5.41, 5.74) is 0. The van der Waals surface area contributed by atoms with E-state index in [1.54, 1.807) is 13.0 Å². The van der Waals surface area contributed by atoms with Crippen LogP contribution in [-0.2, 0) is 4.79 Å². The molecular formula is C9H13BrN2O2. The zero-order valence-corrected chi connectivity index (χ0v) is 9.96. The monoisotopic (exact) mass is 260 g/mol. The normalized spacial score (nSPS) is 12.9. The first-order valence-electron chi connectivity index (χ1n) is 4.39. The number of nitrogens with zero attached hydrogens (tertiary/aromatic N) is 1. The zero-order chi connectivity index (χ0) is 10.7. The van der Waals surface area contributed by atoms with E-state index in [1.165, 1.54) is 0 Å². The number of amides is 1. The first kappa shape index (κ1) is 11.2. The Morgan fingerprint density at radius 2 is 2.29 bits per heavy atom. The van der Waals surface area contributed by atoms with E-state index in [0.29, 0.717) is 11.6 Å². The molecule has 0 aliphatic carbocycles. The van der Waals surface area contributed by atoms with E-state index in [2.05, 4.69) is 26.4 Å². The summed E-state index contributed by atoms with van der Waals surface area (Å²) in [6.45, 7) is 5.71. The molecule has 1 amide bonds. The Labute approximate surface area is 91.2 Å². The maximum absolute atomic E-state index is 11.5. The minimum absolute atomic E-state index is 0.103. The van der Waals surface area contributed by atoms with Crippen LogP contribution in [0.2, 0.25) is 0 Å². The lowest BCUT2D eigenvalue weighted by Crippen LogP contribution is -2.27. The Morgan fingerprint density at radius 3 is 2.71 bits per heavy atom. The number of hydrogen-bond acceptors (Lipinski definition) is 3. The molecule has 0 aliphatic rings. The standard InChI is InChI=1S/C9H13BrN2O2/c1-5(2)8(10)9(13)11-7-4-6(3)14-12-7/h4-5,8H,1-3H3,(H,11,12,13)/t8-/m0/s1. The molecule has 0 aromatic carbocycles. The van der Waals surface area contributed by atoms with E-state index in [1.807, 2.05) is 13.8 Å². The van der Waals surface area contributed by atoms with Crippen molar-refractivity contribution in [2.75, 3.05) is 5.32 Å². The van der Waals surface area contributed by atoms with Crippen molar-refractivity contribution >= 4 is 27.7 Å². The van der Waals surface area contributed by atoms with E-state index in [0.717, 1.165) is 0 Å². The van der Waals surface area contributed by atoms with Gasteiger partial charge in [0.25, 0.3) is 0 Å². The molecule has 78 valence electrons. The van der Waals surface area contributed by atoms with Gasteiger partial charge in [0.2, 0.25) is 5.91 Å². The van der Waals surface area contributed by atoms with Crippen LogP contribution in [0.15, 0.2) is 10.6 Å². The molecule has 4 nitrogen and oxygen atoms in total. The number of rotatable bonds is 3. The predicted molar refractivity (Wildman–Crippen MR) is 57.4 cm³/mol. The molecule has 1 aromatic heterocycles. The van der Waals surface area contributed by atoms with Gasteiger partial charge in [-0.15, -0.1) is 0 Å². The Hall–Kier alpha value is -0.840. The molecule has 0 saturated heterocycles. The van der Waals surface area contributed by atoms with Crippen molar-refractivity contribution in [3.05, 3.63) is 11.8 Å². The second-order valence-electron chi connectivity index (χ2n) is 3.46. The van der Waals surface area contributed by atoms with Crippen molar-refractivity contribution < 1.29 is 9.32 Å². The Balaban J connectivity index is 2.57. The molecule has 1 heterocycles. The SMILES string of the molecule is Cc1cc(NC(=O)[C@@H](Br)C(C)C)no1. The predicted octanol–water partition coefficient (Wildman–Crippen LogP) is 2.34. The minimum atomic E-state index is -0.209. The second-order valence-corrected chi connectivity index (χ2v) is 4.44. The fourth-order valence-electron chi connectivity index (χ4n) is 0.923. The molecule has 0 bridgehead atoms. The summed E-state index contributed by atoms with van der Waals surface area (Å²) in [5.74, 6) is 1.27. The Kier molecular flexibility index (Phi) is 3.69. The van der Waals surface area contributed by atoms with E-state index in [-0.39, 0.29) is 16.7 Å². The van der Waals surface area contributed by atoms with Gasteiger partial charge in [-0.2, -0.15) is 0 Å². The summed E-state index contributed by atoms with van der Waals surface area (Å²) in [7, 11) is 0. The van der Waals surface area contributed by atoms with Crippen LogP contribution >= 0.6 is 15.9 Å². The summed E-state index contributed by atoms with van der Waals surface area (Å²) in [5, 5.41) is 6.32. The fourth-order valence-corrected chi connectivity index (χ4v) is 1.04. The highest BCUT2D eigenvalue weighted by atomic mass is 79.9. The number of anilines is 1. The van der Waals surface area contributed by atoms with Gasteiger partial charge in [0.1, 0.15) is 5.76 Å². The Bertz CT molecular complexity index is 322. The van der Waals surface area contributed by atoms with Gasteiger partial charge in [0.05, 0.1) is 4.83 Å². The molecule has 1 aromatic rings. The number of halogens is 1. The average Bonchev–Trinajstić information content (AvgIpc) is 2.49. The van der Waals surface area contributed by atoms with E-state index in [4.69, 9.17) is 4.52 Å². The minimum Gasteiger partial charge on any atom is -0.360 e. The van der Waals surface area contributed by atoms with Crippen molar-refractivity contribution in [3.8, 4) is 0 Å². The molecule has 1 rings (SSSR count). The Morgan fingerprint density at radius 1 is 1.64 bits per heavy atom. The van der Waals surface area contributed by atoms with E-state index in [9.17, 15) is 4.79 Å². The molecule has 1 N–H and O–H groups in total. The number of aromatic nitrogens is 1. The van der Waals surface area contributed by atoms with Gasteiger partial charge in [-0.3, -0.25) is 4.79 Å². The third-order valence-electron chi connectivity index (χ3n) is 1.72. The number of carbonyl (C=O) groups is 1. The lowest BCUT2D eigenvalue weighted by atomic mass is 10.1. The van der Waals surface area contributed by atoms with Crippen LogP contribution in [-0.4, -0.2) is 15.9 Å². The molecule has 0 saturated carbocycles. The first-order chi connectivity index (χ1) is 6.50. The molecule has 0 spiro atoms. The number of alkyl halides is 1. The quantitative estimate of drug-likeness (QED) is 0.849. The van der Waals surface area contributed by atoms with Crippen molar-refractivity contribution in [2.24, 2.45) is 5.92 Å². The van der Waals surface area contributed by atoms with Crippen LogP contribution in [0.5, 0.6) is 0 Å². The van der Waals surface area contributed by atoms with Gasteiger partial charge in [-0.1, -0.05) is 34.9 Å². The van der Waals surface area contributed by atoms with Crippen LogP contribution < -0.4 is 5.32 Å². The largest absolute Gasteiger partial charge is 0.360 e. The van der Waals surface area contributed by atoms with Crippen molar-refractivity contribution in [1.29, 1.82) is 0 Å². The summed E-state index contributed by atoms with van der Waals surface area (Å²) in [6.07, 6.45) is 0. The molecule has 0 unspecified atom stereocenters. The molecule has 0 aliphatic heterocycles. The van der Waals surface area contributed by atoms with Gasteiger partial charge in [0, 0.05) is 6.07 Å². The number of nitrogens with one attached hydrogen (secondary N) is 1. The highest BCUT2D eigenvalue weighted by molar-refractivity contribution is 9.10. The number of carbonyl (C=O) groups excluding carboxylic acids is 1. The number of hydrogen-bond donors (Lipinski definition) is 1. The van der Waals surface area contributed by atoms with E-state index < -0.39 is 0 Å². The summed E-state index contributed by atoms with van der Waals surface area (Å²) in [4.78, 5) is 11.3. The third kappa shape index (κ3) is 2.83. The maximum atomic E-state index is 11.5. The van der Waals surface area contributed by atoms with Crippen molar-refractivity contribution in [1.82, 2.24) is 5.16 Å². The molecule has 14 heavy (non-hydrogen) atoms. The summed E-state index contributed by atoms with van der Waals surface area (Å²) >= 11 is 3.30. The fraction of sp³-hybridized carbons (Fsp3) is 0.556. The third-order valence-corrected chi connectivity index (χ3v) is 3.19. The zero-order valence-electron chi connectivity index (χ0n) is 8.37. The van der Waals surface area contributed by atoms with Gasteiger partial charge < -0.3 is 9.84 Å². The van der Waals surface area contributed by atoms with E-state index >= 15 is 0 Å². The van der Waals surface area contributed by atoms with Crippen LogP contribution in [0.3, 0.4) is 0 Å². The highest BCUT2D eigenvalue weighted by Gasteiger charge is 2.19. The molecule has 5 heteroatoms. The molecular weight excluding hydrogens is 248 g/mol. The first-order valence-corrected chi connectivity index (χ1v) is 5.30. The van der Waals surface area contributed by atoms with Crippen molar-refractivity contribution in [3.63, 3.8) is 0 Å². The van der Waals surface area contributed by atoms with Crippen LogP contribution in [0.25, 0.3) is 0 Å². The van der Waals surface area contributed by atoms with Crippen LogP contribution in [0.4, 0.5) is 5.82 Å². The van der Waals surface area contributed by atoms with Gasteiger partial charge in [-0.05, 0) is 12.8 Å². The molecule has 1 atom stereocenters. The topological polar surface area (TPSA) is 55.1 Å². The molecule has 0 radical (unpaired) electrons. The smallest absolute Gasteiger partial charge is 0.239 e. The van der Waals surface area contributed by atoms with Gasteiger partial charge in [0.15, 0.2) is 5.82 Å². The van der Waals surface area contributed by atoms with Crippen LogP contribution in [0, 0.1) is 12.8 Å². The lowest BCUT2D eigenvalue weighted by Gasteiger charge is -2.11. The second kappa shape index (κ2) is 4.59. The van der Waals surface area contributed by atoms with Gasteiger partial charge in [-0.25, -0.2) is 0 Å². The highest BCUT2D eigenvalue weighted by Crippen LogP contribution is 2.15. The van der Waals surface area contributed by atoms with Crippen LogP contribution in [0.1, 0.15) is 19.6 Å². The lowest BCUT2D eigenvalue weighted by molar-refractivity contribution is -0.116. The molecule has 0 fully saturated rings. The average molecular weight is 261 g/mol. The summed E-state index contributed by atoms with van der Waals surface area (Å²) in [6, 6.07) is 1.68. The van der Waals surface area contributed by atoms with Gasteiger partial charge >= 0.3 is 0 Å².